The van der Waals surface area contributed by atoms with Crippen LogP contribution in [-0.2, 0) is 24.8 Å². The number of nitrogens with zero attached hydrogens (tertiary/aromatic N) is 3. The van der Waals surface area contributed by atoms with Crippen LogP contribution in [0.5, 0.6) is 5.75 Å². The van der Waals surface area contributed by atoms with Gasteiger partial charge in [0, 0.05) is 37.8 Å². The Labute approximate surface area is 179 Å². The van der Waals surface area contributed by atoms with E-state index in [1.807, 2.05) is 11.7 Å². The van der Waals surface area contributed by atoms with Gasteiger partial charge in [-0.3, -0.25) is 4.68 Å². The van der Waals surface area contributed by atoms with Gasteiger partial charge in [-0.25, -0.2) is 4.99 Å². The second-order valence-electron chi connectivity index (χ2n) is 7.86. The molecule has 1 aliphatic heterocycles. The lowest BCUT2D eigenvalue weighted by Gasteiger charge is -2.16. The molecule has 1 unspecified atom stereocenters. The Bertz CT molecular complexity index is 869. The minimum Gasteiger partial charge on any atom is -0.488 e. The van der Waals surface area contributed by atoms with Gasteiger partial charge in [0.1, 0.15) is 11.9 Å². The summed E-state index contributed by atoms with van der Waals surface area (Å²) in [5, 5.41) is 11.3. The van der Waals surface area contributed by atoms with Crippen molar-refractivity contribution in [2.45, 2.75) is 53.2 Å². The number of rotatable bonds is 8. The second kappa shape index (κ2) is 10.5. The number of hydrogen-bond donors (Lipinski definition) is 2. The third kappa shape index (κ3) is 5.75. The fourth-order valence-corrected chi connectivity index (χ4v) is 3.68. The molecule has 7 heteroatoms. The number of aliphatic imine (C=N–C) groups is 1. The summed E-state index contributed by atoms with van der Waals surface area (Å²) in [7, 11) is 1.99. The molecule has 1 aromatic heterocycles. The number of ether oxygens (including phenoxy) is 2. The summed E-state index contributed by atoms with van der Waals surface area (Å²) in [6, 6.07) is 6.31. The number of nitrogens with one attached hydrogen (secondary N) is 2. The van der Waals surface area contributed by atoms with Crippen LogP contribution < -0.4 is 15.4 Å². The summed E-state index contributed by atoms with van der Waals surface area (Å²) < 4.78 is 13.6. The van der Waals surface area contributed by atoms with E-state index in [1.54, 1.807) is 0 Å². The molecule has 2 N–H and O–H groups in total. The Kier molecular flexibility index (Phi) is 7.74. The van der Waals surface area contributed by atoms with Gasteiger partial charge < -0.3 is 20.1 Å². The average molecular weight is 414 g/mol. The lowest BCUT2D eigenvalue weighted by Crippen LogP contribution is -2.38. The van der Waals surface area contributed by atoms with Crippen molar-refractivity contribution in [3.05, 3.63) is 46.3 Å². The molecule has 1 aromatic carbocycles. The molecule has 0 saturated carbocycles. The maximum Gasteiger partial charge on any atom is 0.191 e. The Morgan fingerprint density at radius 2 is 2.13 bits per heavy atom. The highest BCUT2D eigenvalue weighted by Crippen LogP contribution is 2.24. The van der Waals surface area contributed by atoms with Crippen molar-refractivity contribution < 1.29 is 9.47 Å². The van der Waals surface area contributed by atoms with Crippen molar-refractivity contribution in [3.8, 4) is 5.75 Å². The molecule has 2 heterocycles. The van der Waals surface area contributed by atoms with E-state index in [9.17, 15) is 0 Å². The molecule has 0 amide bonds. The molecule has 1 saturated heterocycles. The molecule has 0 spiro atoms. The van der Waals surface area contributed by atoms with Crippen molar-refractivity contribution in [1.29, 1.82) is 0 Å². The van der Waals surface area contributed by atoms with Crippen molar-refractivity contribution in [3.63, 3.8) is 0 Å². The van der Waals surface area contributed by atoms with E-state index in [2.05, 4.69) is 61.6 Å². The first-order valence-electron chi connectivity index (χ1n) is 10.8. The van der Waals surface area contributed by atoms with Crippen LogP contribution in [-0.4, -0.2) is 48.1 Å². The Morgan fingerprint density at radius 1 is 1.30 bits per heavy atom. The van der Waals surface area contributed by atoms with E-state index >= 15 is 0 Å². The minimum absolute atomic E-state index is 0.131. The Morgan fingerprint density at radius 3 is 2.80 bits per heavy atom. The summed E-state index contributed by atoms with van der Waals surface area (Å²) in [4.78, 5) is 4.79. The summed E-state index contributed by atoms with van der Waals surface area (Å²) in [5.41, 5.74) is 5.88. The monoisotopic (exact) mass is 413 g/mol. The zero-order chi connectivity index (χ0) is 21.5. The summed E-state index contributed by atoms with van der Waals surface area (Å²) in [6.45, 7) is 11.9. The quantitative estimate of drug-likeness (QED) is 0.514. The van der Waals surface area contributed by atoms with E-state index in [1.165, 1.54) is 16.8 Å². The lowest BCUT2D eigenvalue weighted by molar-refractivity contribution is 0.140. The Hall–Kier alpha value is -2.54. The largest absolute Gasteiger partial charge is 0.488 e. The fourth-order valence-electron chi connectivity index (χ4n) is 3.68. The SMILES string of the molecule is CCNC(=NCc1ccc(C)cc1OC1CCOC1)NCCc1c(C)nn(C)c1C. The minimum atomic E-state index is 0.131. The number of benzene rings is 1. The topological polar surface area (TPSA) is 72.7 Å². The van der Waals surface area contributed by atoms with Gasteiger partial charge in [0.15, 0.2) is 5.96 Å². The van der Waals surface area contributed by atoms with Gasteiger partial charge in [0.25, 0.3) is 0 Å². The second-order valence-corrected chi connectivity index (χ2v) is 7.86. The average Bonchev–Trinajstić information content (AvgIpc) is 3.30. The predicted octanol–water partition coefficient (Wildman–Crippen LogP) is 2.81. The normalized spacial score (nSPS) is 16.7. The molecule has 30 heavy (non-hydrogen) atoms. The van der Waals surface area contributed by atoms with Crippen LogP contribution in [0.15, 0.2) is 23.2 Å². The van der Waals surface area contributed by atoms with E-state index < -0.39 is 0 Å². The van der Waals surface area contributed by atoms with E-state index in [4.69, 9.17) is 14.5 Å². The third-order valence-corrected chi connectivity index (χ3v) is 5.48. The molecule has 1 aliphatic rings. The fraction of sp³-hybridized carbons (Fsp3) is 0.565. The molecule has 0 aliphatic carbocycles. The first-order chi connectivity index (χ1) is 14.5. The number of aromatic nitrogens is 2. The highest BCUT2D eigenvalue weighted by molar-refractivity contribution is 5.79. The van der Waals surface area contributed by atoms with Gasteiger partial charge in [-0.2, -0.15) is 5.10 Å². The molecule has 2 aromatic rings. The highest BCUT2D eigenvalue weighted by atomic mass is 16.5. The molecule has 164 valence electrons. The molecule has 0 radical (unpaired) electrons. The molecular formula is C23H35N5O2. The van der Waals surface area contributed by atoms with E-state index in [0.717, 1.165) is 55.5 Å². The van der Waals surface area contributed by atoms with Crippen LogP contribution in [0.4, 0.5) is 0 Å². The van der Waals surface area contributed by atoms with Gasteiger partial charge in [-0.15, -0.1) is 0 Å². The van der Waals surface area contributed by atoms with Crippen LogP contribution in [0.25, 0.3) is 0 Å². The molecule has 1 fully saturated rings. The zero-order valence-electron chi connectivity index (χ0n) is 18.9. The maximum absolute atomic E-state index is 6.20. The van der Waals surface area contributed by atoms with Crippen LogP contribution in [0.2, 0.25) is 0 Å². The van der Waals surface area contributed by atoms with Gasteiger partial charge in [0.05, 0.1) is 25.5 Å². The zero-order valence-corrected chi connectivity index (χ0v) is 18.9. The summed E-state index contributed by atoms with van der Waals surface area (Å²) in [5.74, 6) is 1.72. The van der Waals surface area contributed by atoms with Crippen LogP contribution in [0, 0.1) is 20.8 Å². The standard InChI is InChI=1S/C23H35N5O2/c1-6-24-23(25-11-9-21-17(3)27-28(5)18(21)4)26-14-19-8-7-16(2)13-22(19)30-20-10-12-29-15-20/h7-8,13,20H,6,9-12,14-15H2,1-5H3,(H2,24,25,26). The van der Waals surface area contributed by atoms with Crippen molar-refractivity contribution >= 4 is 5.96 Å². The van der Waals surface area contributed by atoms with Gasteiger partial charge in [-0.1, -0.05) is 12.1 Å². The van der Waals surface area contributed by atoms with Crippen LogP contribution in [0.3, 0.4) is 0 Å². The number of hydrogen-bond acceptors (Lipinski definition) is 4. The summed E-state index contributed by atoms with van der Waals surface area (Å²) >= 11 is 0. The highest BCUT2D eigenvalue weighted by Gasteiger charge is 2.18. The third-order valence-electron chi connectivity index (χ3n) is 5.48. The van der Waals surface area contributed by atoms with Crippen LogP contribution >= 0.6 is 0 Å². The molecule has 3 rings (SSSR count). The number of aryl methyl sites for hydroxylation is 3. The van der Waals surface area contributed by atoms with Gasteiger partial charge >= 0.3 is 0 Å². The molecule has 1 atom stereocenters. The number of guanidine groups is 1. The lowest BCUT2D eigenvalue weighted by atomic mass is 10.1. The summed E-state index contributed by atoms with van der Waals surface area (Å²) in [6.07, 6.45) is 1.98. The van der Waals surface area contributed by atoms with Crippen molar-refractivity contribution in [2.24, 2.45) is 12.0 Å². The molecule has 7 nitrogen and oxygen atoms in total. The first kappa shape index (κ1) is 22.2. The van der Waals surface area contributed by atoms with Crippen LogP contribution in [0.1, 0.15) is 41.4 Å². The van der Waals surface area contributed by atoms with E-state index in [-0.39, 0.29) is 6.10 Å². The predicted molar refractivity (Wildman–Crippen MR) is 120 cm³/mol. The van der Waals surface area contributed by atoms with E-state index in [0.29, 0.717) is 13.2 Å². The molecule has 0 bridgehead atoms. The van der Waals surface area contributed by atoms with Gasteiger partial charge in [-0.05, 0) is 51.3 Å². The Balaban J connectivity index is 1.64. The first-order valence-corrected chi connectivity index (χ1v) is 10.8. The van der Waals surface area contributed by atoms with Crippen molar-refractivity contribution in [1.82, 2.24) is 20.4 Å². The molecular weight excluding hydrogens is 378 g/mol. The maximum atomic E-state index is 6.20. The smallest absolute Gasteiger partial charge is 0.191 e. The van der Waals surface area contributed by atoms with Gasteiger partial charge in [0.2, 0.25) is 0 Å². The van der Waals surface area contributed by atoms with Crippen molar-refractivity contribution in [2.75, 3.05) is 26.3 Å².